The van der Waals surface area contributed by atoms with Crippen LogP contribution in [0.3, 0.4) is 0 Å². The number of nitrogens with zero attached hydrogens (tertiary/aromatic N) is 1. The van der Waals surface area contributed by atoms with Crippen molar-refractivity contribution in [3.8, 4) is 11.3 Å². The van der Waals surface area contributed by atoms with Crippen LogP contribution in [0, 0.1) is 0 Å². The van der Waals surface area contributed by atoms with E-state index in [9.17, 15) is 9.90 Å². The van der Waals surface area contributed by atoms with Gasteiger partial charge in [-0.05, 0) is 6.07 Å². The number of carboxylic acid groups (broad SMARTS) is 1. The van der Waals surface area contributed by atoms with Crippen molar-refractivity contribution in [3.63, 3.8) is 0 Å². The molecule has 0 aliphatic heterocycles. The molecule has 0 fully saturated rings. The summed E-state index contributed by atoms with van der Waals surface area (Å²) >= 11 is 0. The fourth-order valence-corrected chi connectivity index (χ4v) is 2.48. The topological polar surface area (TPSA) is 51.5 Å². The standard InChI is InChI=1S/C16H13NO3/c1-20-17-13-10-6-5-9-12(13)14(16(18)19)15(17)11-7-3-2-4-8-11/h2-10H,1H3,(H,18,19). The van der Waals surface area contributed by atoms with Crippen molar-refractivity contribution in [2.75, 3.05) is 7.11 Å². The van der Waals surface area contributed by atoms with E-state index in [0.717, 1.165) is 11.1 Å². The molecule has 2 aromatic carbocycles. The van der Waals surface area contributed by atoms with Crippen molar-refractivity contribution in [1.82, 2.24) is 4.73 Å². The summed E-state index contributed by atoms with van der Waals surface area (Å²) in [7, 11) is 1.53. The van der Waals surface area contributed by atoms with Crippen molar-refractivity contribution >= 4 is 16.9 Å². The molecule has 1 aromatic heterocycles. The Balaban J connectivity index is 2.46. The minimum absolute atomic E-state index is 0.258. The molecule has 0 saturated heterocycles. The fraction of sp³-hybridized carbons (Fsp3) is 0.0625. The van der Waals surface area contributed by atoms with Crippen LogP contribution < -0.4 is 4.84 Å². The summed E-state index contributed by atoms with van der Waals surface area (Å²) in [6.45, 7) is 0. The van der Waals surface area contributed by atoms with Crippen molar-refractivity contribution < 1.29 is 14.7 Å². The summed E-state index contributed by atoms with van der Waals surface area (Å²) < 4.78 is 1.56. The molecule has 0 saturated carbocycles. The predicted octanol–water partition coefficient (Wildman–Crippen LogP) is 3.06. The predicted molar refractivity (Wildman–Crippen MR) is 76.8 cm³/mol. The van der Waals surface area contributed by atoms with E-state index >= 15 is 0 Å². The number of benzene rings is 2. The lowest BCUT2D eigenvalue weighted by atomic mass is 10.1. The molecule has 0 atom stereocenters. The summed E-state index contributed by atoms with van der Waals surface area (Å²) in [5.74, 6) is -0.962. The van der Waals surface area contributed by atoms with E-state index in [0.29, 0.717) is 11.1 Å². The molecule has 0 bridgehead atoms. The first-order chi connectivity index (χ1) is 9.74. The van der Waals surface area contributed by atoms with E-state index in [-0.39, 0.29) is 5.56 Å². The number of aromatic nitrogens is 1. The summed E-state index contributed by atoms with van der Waals surface area (Å²) in [5, 5.41) is 10.2. The van der Waals surface area contributed by atoms with E-state index in [2.05, 4.69) is 0 Å². The normalized spacial score (nSPS) is 10.7. The van der Waals surface area contributed by atoms with Gasteiger partial charge in [0.2, 0.25) is 0 Å². The Morgan fingerprint density at radius 1 is 1.05 bits per heavy atom. The first-order valence-corrected chi connectivity index (χ1v) is 6.20. The van der Waals surface area contributed by atoms with Gasteiger partial charge in [-0.3, -0.25) is 0 Å². The largest absolute Gasteiger partial charge is 0.478 e. The highest BCUT2D eigenvalue weighted by atomic mass is 16.6. The molecule has 0 unspecified atom stereocenters. The lowest BCUT2D eigenvalue weighted by molar-refractivity contribution is 0.0698. The van der Waals surface area contributed by atoms with E-state index in [1.165, 1.54) is 7.11 Å². The minimum atomic E-state index is -0.962. The van der Waals surface area contributed by atoms with Crippen molar-refractivity contribution in [2.24, 2.45) is 0 Å². The summed E-state index contributed by atoms with van der Waals surface area (Å²) in [5.41, 5.74) is 2.37. The maximum absolute atomic E-state index is 11.7. The molecule has 4 heteroatoms. The van der Waals surface area contributed by atoms with Crippen LogP contribution in [0.1, 0.15) is 10.4 Å². The Hall–Kier alpha value is -2.75. The average Bonchev–Trinajstić information content (AvgIpc) is 2.82. The Morgan fingerprint density at radius 3 is 2.35 bits per heavy atom. The number of aromatic carboxylic acids is 1. The van der Waals surface area contributed by atoms with Crippen LogP contribution in [-0.2, 0) is 0 Å². The fourth-order valence-electron chi connectivity index (χ4n) is 2.48. The van der Waals surface area contributed by atoms with Crippen molar-refractivity contribution in [3.05, 3.63) is 60.2 Å². The third-order valence-electron chi connectivity index (χ3n) is 3.28. The molecule has 1 heterocycles. The van der Waals surface area contributed by atoms with Gasteiger partial charge in [0.15, 0.2) is 0 Å². The number of hydrogen-bond acceptors (Lipinski definition) is 2. The van der Waals surface area contributed by atoms with Gasteiger partial charge in [-0.15, -0.1) is 0 Å². The van der Waals surface area contributed by atoms with Gasteiger partial charge in [-0.2, -0.15) is 4.73 Å². The van der Waals surface area contributed by atoms with Crippen LogP contribution in [0.5, 0.6) is 0 Å². The zero-order valence-electron chi connectivity index (χ0n) is 10.9. The van der Waals surface area contributed by atoms with Crippen LogP contribution in [0.2, 0.25) is 0 Å². The Morgan fingerprint density at radius 2 is 1.70 bits per heavy atom. The van der Waals surface area contributed by atoms with Gasteiger partial charge < -0.3 is 9.94 Å². The van der Waals surface area contributed by atoms with Gasteiger partial charge in [0.1, 0.15) is 12.8 Å². The molecule has 3 aromatic rings. The zero-order valence-corrected chi connectivity index (χ0v) is 10.9. The molecule has 20 heavy (non-hydrogen) atoms. The molecular formula is C16H13NO3. The van der Waals surface area contributed by atoms with Gasteiger partial charge in [-0.25, -0.2) is 4.79 Å². The number of carbonyl (C=O) groups is 1. The minimum Gasteiger partial charge on any atom is -0.478 e. The third-order valence-corrected chi connectivity index (χ3v) is 3.28. The van der Waals surface area contributed by atoms with Crippen LogP contribution in [0.4, 0.5) is 0 Å². The zero-order chi connectivity index (χ0) is 14.1. The van der Waals surface area contributed by atoms with E-state index in [1.54, 1.807) is 10.8 Å². The Kier molecular flexibility index (Phi) is 2.91. The lowest BCUT2D eigenvalue weighted by Crippen LogP contribution is -2.08. The summed E-state index contributed by atoms with van der Waals surface area (Å²) in [6.07, 6.45) is 0. The van der Waals surface area contributed by atoms with Gasteiger partial charge in [0.05, 0.1) is 11.1 Å². The highest BCUT2D eigenvalue weighted by Crippen LogP contribution is 2.32. The number of rotatable bonds is 3. The van der Waals surface area contributed by atoms with Gasteiger partial charge in [0.25, 0.3) is 0 Å². The highest BCUT2D eigenvalue weighted by molar-refractivity contribution is 6.09. The molecule has 4 nitrogen and oxygen atoms in total. The third kappa shape index (κ3) is 1.73. The number of para-hydroxylation sites is 1. The van der Waals surface area contributed by atoms with Gasteiger partial charge in [0, 0.05) is 10.9 Å². The monoisotopic (exact) mass is 267 g/mol. The van der Waals surface area contributed by atoms with Gasteiger partial charge in [-0.1, -0.05) is 48.5 Å². The second-order valence-corrected chi connectivity index (χ2v) is 4.39. The Bertz CT molecular complexity index is 775. The average molecular weight is 267 g/mol. The summed E-state index contributed by atoms with van der Waals surface area (Å²) in [4.78, 5) is 17.1. The van der Waals surface area contributed by atoms with E-state index in [1.807, 2.05) is 48.5 Å². The first-order valence-electron chi connectivity index (χ1n) is 6.20. The Labute approximate surface area is 115 Å². The number of hydrogen-bond donors (Lipinski definition) is 1. The lowest BCUT2D eigenvalue weighted by Gasteiger charge is -2.09. The van der Waals surface area contributed by atoms with Crippen LogP contribution in [0.15, 0.2) is 54.6 Å². The van der Waals surface area contributed by atoms with Crippen LogP contribution >= 0.6 is 0 Å². The molecule has 0 spiro atoms. The molecule has 3 rings (SSSR count). The second kappa shape index (κ2) is 4.74. The molecule has 100 valence electrons. The van der Waals surface area contributed by atoms with E-state index in [4.69, 9.17) is 4.84 Å². The van der Waals surface area contributed by atoms with Crippen molar-refractivity contribution in [1.29, 1.82) is 0 Å². The highest BCUT2D eigenvalue weighted by Gasteiger charge is 2.23. The molecule has 0 aliphatic rings. The summed E-state index contributed by atoms with van der Waals surface area (Å²) in [6, 6.07) is 16.7. The maximum atomic E-state index is 11.7. The quantitative estimate of drug-likeness (QED) is 0.793. The molecule has 0 aliphatic carbocycles. The van der Waals surface area contributed by atoms with E-state index < -0.39 is 5.97 Å². The van der Waals surface area contributed by atoms with Crippen LogP contribution in [0.25, 0.3) is 22.2 Å². The van der Waals surface area contributed by atoms with Crippen LogP contribution in [-0.4, -0.2) is 22.9 Å². The smallest absolute Gasteiger partial charge is 0.338 e. The SMILES string of the molecule is COn1c(-c2ccccc2)c(C(=O)O)c2ccccc21. The maximum Gasteiger partial charge on any atom is 0.338 e. The molecule has 0 radical (unpaired) electrons. The number of carboxylic acids is 1. The van der Waals surface area contributed by atoms with Crippen molar-refractivity contribution in [2.45, 2.75) is 0 Å². The first kappa shape index (κ1) is 12.3. The van der Waals surface area contributed by atoms with Gasteiger partial charge >= 0.3 is 5.97 Å². The molecule has 0 amide bonds. The number of fused-ring (bicyclic) bond motifs is 1. The molecule has 1 N–H and O–H groups in total. The second-order valence-electron chi connectivity index (χ2n) is 4.39. The molecular weight excluding hydrogens is 254 g/mol.